The van der Waals surface area contributed by atoms with E-state index in [9.17, 15) is 9.59 Å². The lowest BCUT2D eigenvalue weighted by atomic mass is 10.0. The van der Waals surface area contributed by atoms with Crippen LogP contribution in [-0.4, -0.2) is 51.1 Å². The quantitative estimate of drug-likeness (QED) is 0.310. The molecule has 6 bridgehead atoms. The summed E-state index contributed by atoms with van der Waals surface area (Å²) in [7, 11) is 0. The number of fused-ring (bicyclic) bond motifs is 6. The molecule has 0 saturated carbocycles. The average molecular weight is 525 g/mol. The van der Waals surface area contributed by atoms with Crippen molar-refractivity contribution in [1.82, 2.24) is 25.3 Å². The van der Waals surface area contributed by atoms with Crippen LogP contribution in [-0.2, 0) is 12.8 Å². The van der Waals surface area contributed by atoms with Crippen molar-refractivity contribution >= 4 is 40.8 Å². The van der Waals surface area contributed by atoms with E-state index >= 15 is 0 Å². The number of hydrogen-bond donors (Lipinski definition) is 4. The highest BCUT2D eigenvalue weighted by Gasteiger charge is 2.29. The first-order valence-corrected chi connectivity index (χ1v) is 12.9. The number of rotatable bonds is 3. The highest BCUT2D eigenvalue weighted by molar-refractivity contribution is 5.92. The van der Waals surface area contributed by atoms with E-state index < -0.39 is 0 Å². The fourth-order valence-corrected chi connectivity index (χ4v) is 4.87. The molecule has 198 valence electrons. The molecular formula is C28H28N8O3. The number of likely N-dealkylation sites (tertiary alicyclic amines) is 1. The Bertz CT molecular complexity index is 1520. The number of anilines is 5. The van der Waals surface area contributed by atoms with Crippen LogP contribution < -0.4 is 21.3 Å². The number of urea groups is 1. The van der Waals surface area contributed by atoms with E-state index in [-0.39, 0.29) is 23.7 Å². The average Bonchev–Trinajstić information content (AvgIpc) is 3.63. The molecule has 1 saturated heterocycles. The van der Waals surface area contributed by atoms with Gasteiger partial charge in [0.05, 0.1) is 6.20 Å². The second-order valence-corrected chi connectivity index (χ2v) is 9.76. The summed E-state index contributed by atoms with van der Waals surface area (Å²) in [6.45, 7) is 2.90. The standard InChI is InChI=1S/C28H28N8O3/c1-17-15-29-27-32-20-4-2-3-18(13-20)5-6-19-14-21(31-25(17)35-27)7-8-23(19)34-28(38)33-22-10-12-36(16-22)26(37)24-9-11-30-39-24/h2-4,7-9,11,13-15,22H,5-6,10,12,16H2,1H3,(H2,33,34,38)(H2,29,31,32,35)/t22-/m0/s1. The van der Waals surface area contributed by atoms with Crippen molar-refractivity contribution in [3.63, 3.8) is 0 Å². The molecule has 11 nitrogen and oxygen atoms in total. The summed E-state index contributed by atoms with van der Waals surface area (Å²) >= 11 is 0. The Morgan fingerprint density at radius 1 is 1.08 bits per heavy atom. The first-order chi connectivity index (χ1) is 19.0. The molecule has 2 aliphatic rings. The summed E-state index contributed by atoms with van der Waals surface area (Å²) in [5.41, 5.74) is 5.58. The van der Waals surface area contributed by atoms with Crippen molar-refractivity contribution in [2.45, 2.75) is 32.2 Å². The molecule has 4 heterocycles. The second-order valence-electron chi connectivity index (χ2n) is 9.76. The lowest BCUT2D eigenvalue weighted by Gasteiger charge is -2.18. The summed E-state index contributed by atoms with van der Waals surface area (Å²) in [6, 6.07) is 15.1. The first-order valence-electron chi connectivity index (χ1n) is 12.9. The zero-order valence-corrected chi connectivity index (χ0v) is 21.4. The summed E-state index contributed by atoms with van der Waals surface area (Å²) < 4.78 is 4.98. The third kappa shape index (κ3) is 5.52. The van der Waals surface area contributed by atoms with Gasteiger partial charge in [0.1, 0.15) is 5.82 Å². The van der Waals surface area contributed by atoms with Gasteiger partial charge in [-0.1, -0.05) is 17.3 Å². The van der Waals surface area contributed by atoms with Gasteiger partial charge in [0, 0.05) is 54.0 Å². The normalized spacial score (nSPS) is 16.1. The Labute approximate surface area is 225 Å². The third-order valence-electron chi connectivity index (χ3n) is 6.91. The van der Waals surface area contributed by atoms with E-state index in [1.165, 1.54) is 12.3 Å². The lowest BCUT2D eigenvalue weighted by molar-refractivity contribution is 0.0748. The molecule has 3 amide bonds. The van der Waals surface area contributed by atoms with E-state index in [0.29, 0.717) is 31.3 Å². The molecule has 1 atom stereocenters. The molecule has 2 aromatic heterocycles. The number of carbonyl (C=O) groups is 2. The predicted octanol–water partition coefficient (Wildman–Crippen LogP) is 4.40. The van der Waals surface area contributed by atoms with Gasteiger partial charge in [0.25, 0.3) is 5.91 Å². The number of nitrogens with one attached hydrogen (secondary N) is 4. The van der Waals surface area contributed by atoms with E-state index in [1.54, 1.807) is 11.1 Å². The number of amides is 3. The van der Waals surface area contributed by atoms with Gasteiger partial charge >= 0.3 is 6.03 Å². The van der Waals surface area contributed by atoms with Crippen molar-refractivity contribution in [2.24, 2.45) is 0 Å². The van der Waals surface area contributed by atoms with Crippen LogP contribution in [0.5, 0.6) is 0 Å². The Morgan fingerprint density at radius 3 is 2.85 bits per heavy atom. The SMILES string of the molecule is Cc1cnc2nc1Nc1ccc(NC(=O)N[C@H]3CCN(C(=O)c4ccno4)C3)c(c1)CCc1cccc(c1)N2. The van der Waals surface area contributed by atoms with Gasteiger partial charge in [-0.05, 0) is 67.6 Å². The van der Waals surface area contributed by atoms with Gasteiger partial charge in [-0.2, -0.15) is 4.98 Å². The van der Waals surface area contributed by atoms with E-state index in [2.05, 4.69) is 48.5 Å². The molecule has 6 rings (SSSR count). The highest BCUT2D eigenvalue weighted by atomic mass is 16.5. The monoisotopic (exact) mass is 524 g/mol. The number of aryl methyl sites for hydroxylation is 3. The molecule has 0 radical (unpaired) electrons. The summed E-state index contributed by atoms with van der Waals surface area (Å²) in [4.78, 5) is 36.2. The van der Waals surface area contributed by atoms with Crippen LogP contribution in [0.2, 0.25) is 0 Å². The van der Waals surface area contributed by atoms with Gasteiger partial charge in [-0.25, -0.2) is 9.78 Å². The number of nitrogens with zero attached hydrogens (tertiary/aromatic N) is 4. The Hall–Kier alpha value is -4.93. The maximum absolute atomic E-state index is 13.0. The van der Waals surface area contributed by atoms with Crippen LogP contribution in [0.3, 0.4) is 0 Å². The minimum atomic E-state index is -0.309. The van der Waals surface area contributed by atoms with Crippen molar-refractivity contribution in [1.29, 1.82) is 0 Å². The number of aromatic nitrogens is 3. The van der Waals surface area contributed by atoms with Crippen LogP contribution >= 0.6 is 0 Å². The maximum Gasteiger partial charge on any atom is 0.319 e. The lowest BCUT2D eigenvalue weighted by Crippen LogP contribution is -2.40. The number of carbonyl (C=O) groups excluding carboxylic acids is 2. The van der Waals surface area contributed by atoms with Crippen LogP contribution in [0.4, 0.5) is 33.6 Å². The van der Waals surface area contributed by atoms with Gasteiger partial charge in [0.2, 0.25) is 11.7 Å². The fourth-order valence-electron chi connectivity index (χ4n) is 4.87. The third-order valence-corrected chi connectivity index (χ3v) is 6.91. The first kappa shape index (κ1) is 24.4. The molecule has 0 spiro atoms. The van der Waals surface area contributed by atoms with E-state index in [0.717, 1.165) is 46.6 Å². The van der Waals surface area contributed by atoms with Crippen LogP contribution in [0, 0.1) is 6.92 Å². The minimum absolute atomic E-state index is 0.159. The molecule has 1 fully saturated rings. The van der Waals surface area contributed by atoms with Crippen LogP contribution in [0.25, 0.3) is 0 Å². The number of hydrogen-bond acceptors (Lipinski definition) is 8. The molecule has 4 aromatic rings. The highest BCUT2D eigenvalue weighted by Crippen LogP contribution is 2.28. The number of benzene rings is 2. The molecular weight excluding hydrogens is 496 g/mol. The summed E-state index contributed by atoms with van der Waals surface area (Å²) in [5.74, 6) is 1.20. The second kappa shape index (κ2) is 10.4. The molecule has 39 heavy (non-hydrogen) atoms. The molecule has 2 aromatic carbocycles. The predicted molar refractivity (Wildman–Crippen MR) is 147 cm³/mol. The van der Waals surface area contributed by atoms with Crippen molar-refractivity contribution < 1.29 is 14.1 Å². The van der Waals surface area contributed by atoms with E-state index in [4.69, 9.17) is 4.52 Å². The molecule has 4 N–H and O–H groups in total. The van der Waals surface area contributed by atoms with Gasteiger partial charge in [-0.3, -0.25) is 4.79 Å². The van der Waals surface area contributed by atoms with Crippen LogP contribution in [0.15, 0.2) is 65.4 Å². The zero-order valence-electron chi connectivity index (χ0n) is 21.4. The van der Waals surface area contributed by atoms with Gasteiger partial charge in [0.15, 0.2) is 0 Å². The Balaban J connectivity index is 1.19. The summed E-state index contributed by atoms with van der Waals surface area (Å²) in [5, 5.41) is 16.3. The molecule has 0 unspecified atom stereocenters. The molecule has 2 aliphatic heterocycles. The topological polar surface area (TPSA) is 137 Å². The minimum Gasteiger partial charge on any atom is -0.351 e. The van der Waals surface area contributed by atoms with Gasteiger partial charge < -0.3 is 30.7 Å². The smallest absolute Gasteiger partial charge is 0.319 e. The van der Waals surface area contributed by atoms with Crippen molar-refractivity contribution in [2.75, 3.05) is 29.0 Å². The molecule has 11 heteroatoms. The van der Waals surface area contributed by atoms with E-state index in [1.807, 2.05) is 37.3 Å². The maximum atomic E-state index is 13.0. The van der Waals surface area contributed by atoms with Crippen LogP contribution in [0.1, 0.15) is 33.7 Å². The molecule has 0 aliphatic carbocycles. The van der Waals surface area contributed by atoms with Crippen molar-refractivity contribution in [3.05, 3.63) is 83.4 Å². The summed E-state index contributed by atoms with van der Waals surface area (Å²) in [6.07, 6.45) is 5.39. The van der Waals surface area contributed by atoms with Crippen molar-refractivity contribution in [3.8, 4) is 0 Å². The van der Waals surface area contributed by atoms with Gasteiger partial charge in [-0.15, -0.1) is 0 Å². The fraction of sp³-hybridized carbons (Fsp3) is 0.250. The Kier molecular flexibility index (Phi) is 6.54. The Morgan fingerprint density at radius 2 is 1.97 bits per heavy atom. The zero-order chi connectivity index (χ0) is 26.8. The largest absolute Gasteiger partial charge is 0.351 e.